The number of aromatic carboxylic acids is 1. The number of fused-ring (bicyclic) bond motifs is 2. The molecule has 6 heteroatoms. The molecule has 0 aliphatic carbocycles. The number of nitrogens with one attached hydrogen (secondary N) is 1. The third-order valence-electron chi connectivity index (χ3n) is 4.94. The monoisotopic (exact) mass is 413 g/mol. The minimum atomic E-state index is -1.10. The first-order chi connectivity index (χ1) is 14.6. The Kier molecular flexibility index (Phi) is 4.34. The number of hydrogen-bond donors (Lipinski definition) is 2. The van der Waals surface area contributed by atoms with Crippen molar-refractivity contribution in [1.82, 2.24) is 0 Å². The Balaban J connectivity index is 1.52. The van der Waals surface area contributed by atoms with Crippen molar-refractivity contribution in [1.29, 1.82) is 0 Å². The van der Waals surface area contributed by atoms with Crippen molar-refractivity contribution in [3.05, 3.63) is 89.5 Å². The molecule has 2 N–H and O–H groups in total. The lowest BCUT2D eigenvalue weighted by molar-refractivity contribution is 0.0699. The first-order valence-electron chi connectivity index (χ1n) is 9.24. The van der Waals surface area contributed by atoms with Gasteiger partial charge in [-0.25, -0.2) is 4.79 Å². The summed E-state index contributed by atoms with van der Waals surface area (Å²) in [6.07, 6.45) is 0. The van der Waals surface area contributed by atoms with Gasteiger partial charge in [-0.05, 0) is 34.5 Å². The number of carboxylic acid groups (broad SMARTS) is 1. The van der Waals surface area contributed by atoms with Gasteiger partial charge in [-0.3, -0.25) is 4.79 Å². The molecule has 5 nitrogen and oxygen atoms in total. The summed E-state index contributed by atoms with van der Waals surface area (Å²) in [4.78, 5) is 24.7. The maximum atomic E-state index is 12.7. The van der Waals surface area contributed by atoms with E-state index in [9.17, 15) is 14.7 Å². The molecule has 0 unspecified atom stereocenters. The Bertz CT molecular complexity index is 1400. The molecular weight excluding hydrogens is 398 g/mol. The summed E-state index contributed by atoms with van der Waals surface area (Å²) in [6, 6.07) is 22.6. The van der Waals surface area contributed by atoms with Gasteiger partial charge in [0.2, 0.25) is 0 Å². The zero-order valence-corrected chi connectivity index (χ0v) is 16.4. The number of rotatable bonds is 4. The van der Waals surface area contributed by atoms with Crippen molar-refractivity contribution in [2.45, 2.75) is 0 Å². The van der Waals surface area contributed by atoms with Crippen LogP contribution in [0.1, 0.15) is 20.9 Å². The number of carbonyl (C=O) groups excluding carboxylic acids is 1. The summed E-state index contributed by atoms with van der Waals surface area (Å²) in [5.41, 5.74) is 2.02. The van der Waals surface area contributed by atoms with E-state index in [1.54, 1.807) is 17.5 Å². The van der Waals surface area contributed by atoms with Crippen LogP contribution in [0.25, 0.3) is 32.9 Å². The molecule has 5 rings (SSSR count). The van der Waals surface area contributed by atoms with Gasteiger partial charge in [0.15, 0.2) is 5.76 Å². The van der Waals surface area contributed by atoms with Crippen LogP contribution in [-0.2, 0) is 0 Å². The fraction of sp³-hybridized carbons (Fsp3) is 0. The highest BCUT2D eigenvalue weighted by molar-refractivity contribution is 7.15. The lowest BCUT2D eigenvalue weighted by Gasteiger charge is -2.06. The summed E-state index contributed by atoms with van der Waals surface area (Å²) in [5.74, 6) is -1.45. The predicted molar refractivity (Wildman–Crippen MR) is 118 cm³/mol. The zero-order chi connectivity index (χ0) is 20.7. The van der Waals surface area contributed by atoms with Crippen molar-refractivity contribution in [3.63, 3.8) is 0 Å². The number of carbonyl (C=O) groups is 2. The highest BCUT2D eigenvalue weighted by Crippen LogP contribution is 2.37. The molecule has 146 valence electrons. The molecule has 30 heavy (non-hydrogen) atoms. The first-order valence-corrected chi connectivity index (χ1v) is 10.1. The fourth-order valence-corrected chi connectivity index (χ4v) is 4.45. The van der Waals surface area contributed by atoms with E-state index in [4.69, 9.17) is 4.42 Å². The minimum absolute atomic E-state index is 0.0692. The first kappa shape index (κ1) is 18.1. The van der Waals surface area contributed by atoms with Crippen LogP contribution in [0, 0.1) is 0 Å². The molecule has 0 atom stereocenters. The quantitative estimate of drug-likeness (QED) is 0.364. The molecule has 0 radical (unpaired) electrons. The molecule has 0 saturated carbocycles. The molecular formula is C24H15NO4S. The van der Waals surface area contributed by atoms with E-state index in [1.807, 2.05) is 60.7 Å². The van der Waals surface area contributed by atoms with E-state index in [0.717, 1.165) is 21.7 Å². The van der Waals surface area contributed by atoms with E-state index < -0.39 is 11.9 Å². The molecule has 0 aliphatic heterocycles. The van der Waals surface area contributed by atoms with E-state index in [2.05, 4.69) is 5.32 Å². The van der Waals surface area contributed by atoms with Gasteiger partial charge in [-0.1, -0.05) is 54.6 Å². The van der Waals surface area contributed by atoms with Crippen molar-refractivity contribution in [3.8, 4) is 11.1 Å². The number of anilines is 1. The second kappa shape index (κ2) is 7.17. The topological polar surface area (TPSA) is 79.5 Å². The van der Waals surface area contributed by atoms with Gasteiger partial charge in [0.05, 0.1) is 0 Å². The molecule has 3 aromatic carbocycles. The van der Waals surface area contributed by atoms with E-state index in [1.165, 1.54) is 11.3 Å². The molecule has 0 saturated heterocycles. The summed E-state index contributed by atoms with van der Waals surface area (Å²) in [6.45, 7) is 0. The van der Waals surface area contributed by atoms with Crippen molar-refractivity contribution >= 4 is 50.0 Å². The number of hydrogen-bond acceptors (Lipinski definition) is 4. The second-order valence-electron chi connectivity index (χ2n) is 6.82. The Hall–Kier alpha value is -3.90. The van der Waals surface area contributed by atoms with Crippen LogP contribution in [0.4, 0.5) is 5.00 Å². The van der Waals surface area contributed by atoms with Crippen molar-refractivity contribution < 1.29 is 19.1 Å². The molecule has 0 spiro atoms. The highest BCUT2D eigenvalue weighted by atomic mass is 32.1. The summed E-state index contributed by atoms with van der Waals surface area (Å²) in [5, 5.41) is 17.5. The lowest BCUT2D eigenvalue weighted by atomic mass is 10.0. The van der Waals surface area contributed by atoms with Crippen molar-refractivity contribution in [2.75, 3.05) is 5.32 Å². The molecule has 0 aliphatic rings. The standard InChI is InChI=1S/C24H15NO4S/c26-22(20-12-17-7-3-4-8-19(17)29-20)25-23-21(24(27)28)18(13-30-23)16-10-9-14-5-1-2-6-15(14)11-16/h1-13H,(H,25,26)(H,27,28). The smallest absolute Gasteiger partial charge is 0.339 e. The maximum absolute atomic E-state index is 12.7. The van der Waals surface area contributed by atoms with Gasteiger partial charge in [0, 0.05) is 16.3 Å². The number of benzene rings is 3. The van der Waals surface area contributed by atoms with E-state index >= 15 is 0 Å². The van der Waals surface area contributed by atoms with E-state index in [-0.39, 0.29) is 16.3 Å². The normalized spacial score (nSPS) is 11.1. The Morgan fingerprint density at radius 1 is 0.867 bits per heavy atom. The van der Waals surface area contributed by atoms with Crippen LogP contribution < -0.4 is 5.32 Å². The van der Waals surface area contributed by atoms with Crippen LogP contribution in [-0.4, -0.2) is 17.0 Å². The average molecular weight is 413 g/mol. The van der Waals surface area contributed by atoms with Crippen molar-refractivity contribution in [2.24, 2.45) is 0 Å². The van der Waals surface area contributed by atoms with Gasteiger partial charge in [0.1, 0.15) is 16.1 Å². The second-order valence-corrected chi connectivity index (χ2v) is 7.70. The predicted octanol–water partition coefficient (Wildman–Crippen LogP) is 6.27. The lowest BCUT2D eigenvalue weighted by Crippen LogP contribution is -2.12. The van der Waals surface area contributed by atoms with Gasteiger partial charge >= 0.3 is 5.97 Å². The number of furan rings is 1. The summed E-state index contributed by atoms with van der Waals surface area (Å²) in [7, 11) is 0. The SMILES string of the molecule is O=C(Nc1scc(-c2ccc3ccccc3c2)c1C(=O)O)c1cc2ccccc2o1. The Labute approximate surface area is 175 Å². The van der Waals surface area contributed by atoms with Gasteiger partial charge in [-0.15, -0.1) is 11.3 Å². The number of carboxylic acids is 1. The Morgan fingerprint density at radius 2 is 1.60 bits per heavy atom. The van der Waals surface area contributed by atoms with Crippen LogP contribution in [0.5, 0.6) is 0 Å². The fourth-order valence-electron chi connectivity index (χ4n) is 3.49. The summed E-state index contributed by atoms with van der Waals surface area (Å²) < 4.78 is 5.59. The third-order valence-corrected chi connectivity index (χ3v) is 5.84. The van der Waals surface area contributed by atoms with Gasteiger partial charge in [-0.2, -0.15) is 0 Å². The van der Waals surface area contributed by atoms with Gasteiger partial charge in [0.25, 0.3) is 5.91 Å². The average Bonchev–Trinajstić information content (AvgIpc) is 3.37. The molecule has 0 bridgehead atoms. The number of thiophene rings is 1. The van der Waals surface area contributed by atoms with E-state index in [0.29, 0.717) is 11.1 Å². The number of para-hydroxylation sites is 1. The maximum Gasteiger partial charge on any atom is 0.339 e. The third kappa shape index (κ3) is 3.13. The van der Waals surface area contributed by atoms with Crippen LogP contribution in [0.3, 0.4) is 0 Å². The molecule has 1 amide bonds. The largest absolute Gasteiger partial charge is 0.478 e. The van der Waals surface area contributed by atoms with Crippen LogP contribution in [0.15, 0.2) is 82.6 Å². The number of amides is 1. The van der Waals surface area contributed by atoms with Crippen LogP contribution in [0.2, 0.25) is 0 Å². The molecule has 0 fully saturated rings. The van der Waals surface area contributed by atoms with Crippen LogP contribution >= 0.6 is 11.3 Å². The molecule has 2 aromatic heterocycles. The molecule has 5 aromatic rings. The van der Waals surface area contributed by atoms with Gasteiger partial charge < -0.3 is 14.8 Å². The summed E-state index contributed by atoms with van der Waals surface area (Å²) >= 11 is 1.18. The highest BCUT2D eigenvalue weighted by Gasteiger charge is 2.23. The zero-order valence-electron chi connectivity index (χ0n) is 15.6. The minimum Gasteiger partial charge on any atom is -0.478 e. The molecule has 2 heterocycles. The Morgan fingerprint density at radius 3 is 2.37 bits per heavy atom.